The minimum Gasteiger partial charge on any atom is -0.355 e. The third-order valence-electron chi connectivity index (χ3n) is 3.28. The maximum Gasteiger partial charge on any atom is 0.147 e. The Balaban J connectivity index is 1.84. The predicted molar refractivity (Wildman–Crippen MR) is 67.9 cm³/mol. The molecule has 0 bridgehead atoms. The average Bonchev–Trinajstić information content (AvgIpc) is 2.38. The normalized spacial score (nSPS) is 22.4. The van der Waals surface area contributed by atoms with Crippen molar-refractivity contribution in [2.24, 2.45) is 0 Å². The van der Waals surface area contributed by atoms with Gasteiger partial charge in [0.1, 0.15) is 6.79 Å². The summed E-state index contributed by atoms with van der Waals surface area (Å²) in [6.07, 6.45) is 1.27. The van der Waals surface area contributed by atoms with Gasteiger partial charge in [-0.1, -0.05) is 24.3 Å². The summed E-state index contributed by atoms with van der Waals surface area (Å²) in [5.41, 5.74) is 2.69. The second-order valence-corrected chi connectivity index (χ2v) is 4.59. The van der Waals surface area contributed by atoms with Gasteiger partial charge in [-0.2, -0.15) is 0 Å². The molecule has 1 aromatic rings. The highest BCUT2D eigenvalue weighted by atomic mass is 16.7. The summed E-state index contributed by atoms with van der Waals surface area (Å²) in [5.74, 6) is 0. The SMILES string of the molecule is Cc1ccccc1[C@@H](C)NCC1CCOCO1. The Morgan fingerprint density at radius 1 is 1.41 bits per heavy atom. The standard InChI is InChI=1S/C14H21NO2/c1-11-5-3-4-6-14(11)12(2)15-9-13-7-8-16-10-17-13/h3-6,12-13,15H,7-10H2,1-2H3/t12-,13?/m1/s1. The molecular formula is C14H21NO2. The van der Waals surface area contributed by atoms with E-state index in [4.69, 9.17) is 9.47 Å². The highest BCUT2D eigenvalue weighted by molar-refractivity contribution is 5.28. The Kier molecular flexibility index (Phi) is 4.54. The third kappa shape index (κ3) is 3.53. The first-order valence-electron chi connectivity index (χ1n) is 6.25. The molecule has 1 unspecified atom stereocenters. The molecule has 3 heteroatoms. The van der Waals surface area contributed by atoms with Crippen molar-refractivity contribution in [1.29, 1.82) is 0 Å². The average molecular weight is 235 g/mol. The van der Waals surface area contributed by atoms with Gasteiger partial charge in [-0.3, -0.25) is 0 Å². The van der Waals surface area contributed by atoms with E-state index in [0.29, 0.717) is 12.8 Å². The molecule has 0 spiro atoms. The van der Waals surface area contributed by atoms with E-state index in [1.165, 1.54) is 11.1 Å². The molecule has 2 rings (SSSR count). The highest BCUT2D eigenvalue weighted by Gasteiger charge is 2.15. The molecule has 0 amide bonds. The largest absolute Gasteiger partial charge is 0.355 e. The Hall–Kier alpha value is -0.900. The van der Waals surface area contributed by atoms with Gasteiger partial charge >= 0.3 is 0 Å². The molecule has 17 heavy (non-hydrogen) atoms. The summed E-state index contributed by atoms with van der Waals surface area (Å²) in [6.45, 7) is 6.48. The topological polar surface area (TPSA) is 30.5 Å². The van der Waals surface area contributed by atoms with Gasteiger partial charge in [0, 0.05) is 12.6 Å². The van der Waals surface area contributed by atoms with Crippen molar-refractivity contribution in [2.45, 2.75) is 32.4 Å². The lowest BCUT2D eigenvalue weighted by molar-refractivity contribution is -0.137. The van der Waals surface area contributed by atoms with Crippen LogP contribution in [0.1, 0.15) is 30.5 Å². The number of benzene rings is 1. The zero-order valence-electron chi connectivity index (χ0n) is 10.6. The molecule has 1 aliphatic rings. The van der Waals surface area contributed by atoms with Crippen molar-refractivity contribution >= 4 is 0 Å². The van der Waals surface area contributed by atoms with Crippen molar-refractivity contribution < 1.29 is 9.47 Å². The number of ether oxygens (including phenoxy) is 2. The van der Waals surface area contributed by atoms with E-state index in [9.17, 15) is 0 Å². The van der Waals surface area contributed by atoms with Crippen LogP contribution in [0.2, 0.25) is 0 Å². The number of rotatable bonds is 4. The molecule has 2 atom stereocenters. The Morgan fingerprint density at radius 2 is 2.24 bits per heavy atom. The second-order valence-electron chi connectivity index (χ2n) is 4.59. The van der Waals surface area contributed by atoms with Crippen LogP contribution in [0.25, 0.3) is 0 Å². The lowest BCUT2D eigenvalue weighted by Gasteiger charge is -2.25. The van der Waals surface area contributed by atoms with E-state index in [-0.39, 0.29) is 6.10 Å². The smallest absolute Gasteiger partial charge is 0.147 e. The predicted octanol–water partition coefficient (Wildman–Crippen LogP) is 2.41. The van der Waals surface area contributed by atoms with Crippen LogP contribution in [0.5, 0.6) is 0 Å². The molecule has 94 valence electrons. The van der Waals surface area contributed by atoms with E-state index in [1.807, 2.05) is 0 Å². The summed E-state index contributed by atoms with van der Waals surface area (Å²) >= 11 is 0. The van der Waals surface area contributed by atoms with Crippen LogP contribution >= 0.6 is 0 Å². The van der Waals surface area contributed by atoms with Crippen LogP contribution in [0.15, 0.2) is 24.3 Å². The van der Waals surface area contributed by atoms with Crippen LogP contribution in [-0.4, -0.2) is 26.0 Å². The number of aryl methyl sites for hydroxylation is 1. The van der Waals surface area contributed by atoms with Crippen LogP contribution in [0.3, 0.4) is 0 Å². The van der Waals surface area contributed by atoms with Gasteiger partial charge in [0.15, 0.2) is 0 Å². The van der Waals surface area contributed by atoms with Crippen LogP contribution in [-0.2, 0) is 9.47 Å². The van der Waals surface area contributed by atoms with Crippen molar-refractivity contribution in [2.75, 3.05) is 19.9 Å². The van der Waals surface area contributed by atoms with E-state index < -0.39 is 0 Å². The number of hydrogen-bond donors (Lipinski definition) is 1. The first kappa shape index (κ1) is 12.6. The van der Waals surface area contributed by atoms with Crippen molar-refractivity contribution in [3.05, 3.63) is 35.4 Å². The first-order valence-corrected chi connectivity index (χ1v) is 6.25. The monoisotopic (exact) mass is 235 g/mol. The lowest BCUT2D eigenvalue weighted by Crippen LogP contribution is -2.35. The van der Waals surface area contributed by atoms with Crippen LogP contribution in [0, 0.1) is 6.92 Å². The summed E-state index contributed by atoms with van der Waals surface area (Å²) in [5, 5.41) is 3.53. The molecule has 1 aliphatic heterocycles. The second kappa shape index (κ2) is 6.15. The fraction of sp³-hybridized carbons (Fsp3) is 0.571. The lowest BCUT2D eigenvalue weighted by atomic mass is 10.0. The molecule has 1 aromatic carbocycles. The first-order chi connectivity index (χ1) is 8.27. The molecule has 1 fully saturated rings. The van der Waals surface area contributed by atoms with Crippen LogP contribution < -0.4 is 5.32 Å². The maximum atomic E-state index is 5.51. The van der Waals surface area contributed by atoms with Crippen molar-refractivity contribution in [3.8, 4) is 0 Å². The van der Waals surface area contributed by atoms with Gasteiger partial charge in [0.2, 0.25) is 0 Å². The molecule has 1 heterocycles. The van der Waals surface area contributed by atoms with Crippen LogP contribution in [0.4, 0.5) is 0 Å². The third-order valence-corrected chi connectivity index (χ3v) is 3.28. The quantitative estimate of drug-likeness (QED) is 0.869. The van der Waals surface area contributed by atoms with Gasteiger partial charge in [-0.05, 0) is 31.4 Å². The molecular weight excluding hydrogens is 214 g/mol. The van der Waals surface area contributed by atoms with E-state index in [2.05, 4.69) is 43.4 Å². The van der Waals surface area contributed by atoms with Gasteiger partial charge in [-0.15, -0.1) is 0 Å². The Bertz CT molecular complexity index is 348. The number of hydrogen-bond acceptors (Lipinski definition) is 3. The Labute approximate surface area is 103 Å². The summed E-state index contributed by atoms with van der Waals surface area (Å²) in [6, 6.07) is 8.86. The maximum absolute atomic E-state index is 5.51. The summed E-state index contributed by atoms with van der Waals surface area (Å²) < 4.78 is 10.7. The molecule has 0 saturated carbocycles. The minimum absolute atomic E-state index is 0.287. The zero-order chi connectivity index (χ0) is 12.1. The minimum atomic E-state index is 0.287. The Morgan fingerprint density at radius 3 is 2.94 bits per heavy atom. The van der Waals surface area contributed by atoms with Gasteiger partial charge in [0.25, 0.3) is 0 Å². The summed E-state index contributed by atoms with van der Waals surface area (Å²) in [7, 11) is 0. The van der Waals surface area contributed by atoms with Crippen molar-refractivity contribution in [3.63, 3.8) is 0 Å². The summed E-state index contributed by atoms with van der Waals surface area (Å²) in [4.78, 5) is 0. The van der Waals surface area contributed by atoms with Gasteiger partial charge in [-0.25, -0.2) is 0 Å². The van der Waals surface area contributed by atoms with E-state index in [0.717, 1.165) is 19.6 Å². The molecule has 1 N–H and O–H groups in total. The molecule has 0 radical (unpaired) electrons. The zero-order valence-corrected chi connectivity index (χ0v) is 10.6. The van der Waals surface area contributed by atoms with E-state index in [1.54, 1.807) is 0 Å². The molecule has 3 nitrogen and oxygen atoms in total. The van der Waals surface area contributed by atoms with Gasteiger partial charge in [0.05, 0.1) is 12.7 Å². The van der Waals surface area contributed by atoms with Crippen molar-refractivity contribution in [1.82, 2.24) is 5.32 Å². The van der Waals surface area contributed by atoms with E-state index >= 15 is 0 Å². The molecule has 0 aliphatic carbocycles. The highest BCUT2D eigenvalue weighted by Crippen LogP contribution is 2.17. The van der Waals surface area contributed by atoms with Gasteiger partial charge < -0.3 is 14.8 Å². The fourth-order valence-electron chi connectivity index (χ4n) is 2.15. The molecule has 1 saturated heterocycles. The number of nitrogens with one attached hydrogen (secondary N) is 1. The molecule has 0 aromatic heterocycles. The fourth-order valence-corrected chi connectivity index (χ4v) is 2.15.